The fourth-order valence-corrected chi connectivity index (χ4v) is 2.79. The van der Waals surface area contributed by atoms with E-state index in [0.717, 1.165) is 33.4 Å². The Morgan fingerprint density at radius 3 is 1.77 bits per heavy atom. The van der Waals surface area contributed by atoms with Crippen LogP contribution in [0.5, 0.6) is 0 Å². The van der Waals surface area contributed by atoms with Crippen LogP contribution < -0.4 is 0 Å². The van der Waals surface area contributed by atoms with Crippen LogP contribution in [0.1, 0.15) is 11.1 Å². The van der Waals surface area contributed by atoms with Crippen LogP contribution >= 0.6 is 0 Å². The van der Waals surface area contributed by atoms with Crippen LogP contribution in [0.3, 0.4) is 0 Å². The van der Waals surface area contributed by atoms with Crippen LogP contribution in [0.25, 0.3) is 34.4 Å². The molecule has 0 amide bonds. The van der Waals surface area contributed by atoms with Gasteiger partial charge in [0.1, 0.15) is 0 Å². The summed E-state index contributed by atoms with van der Waals surface area (Å²) in [7, 11) is 0. The van der Waals surface area contributed by atoms with Crippen molar-refractivity contribution in [3.8, 4) is 34.4 Å². The van der Waals surface area contributed by atoms with Crippen molar-refractivity contribution in [2.24, 2.45) is 0 Å². The van der Waals surface area contributed by atoms with E-state index in [-0.39, 0.29) is 0 Å². The van der Waals surface area contributed by atoms with Crippen LogP contribution in [0.2, 0.25) is 0 Å². The summed E-state index contributed by atoms with van der Waals surface area (Å²) < 4.78 is 0. The van der Waals surface area contributed by atoms with Gasteiger partial charge in [0.15, 0.2) is 0 Å². The van der Waals surface area contributed by atoms with Crippen molar-refractivity contribution in [1.29, 1.82) is 10.5 Å². The smallest absolute Gasteiger partial charge is 0.0912 e. The second-order valence-corrected chi connectivity index (χ2v) is 5.71. The van der Waals surface area contributed by atoms with Crippen LogP contribution in [0.15, 0.2) is 84.9 Å². The predicted octanol–water partition coefficient (Wildman–Crippen LogP) is 6.09. The molecule has 0 saturated heterocycles. The molecule has 2 nitrogen and oxygen atoms in total. The van der Waals surface area contributed by atoms with Crippen LogP contribution in [-0.4, -0.2) is 0 Å². The molecule has 0 saturated carbocycles. The summed E-state index contributed by atoms with van der Waals surface area (Å²) in [5, 5.41) is 17.4. The largest absolute Gasteiger partial charge is 0.193 e. The second kappa shape index (κ2) is 8.29. The van der Waals surface area contributed by atoms with Crippen molar-refractivity contribution >= 4 is 12.2 Å². The summed E-state index contributed by atoms with van der Waals surface area (Å²) in [6.07, 6.45) is 6.59. The third-order valence-electron chi connectivity index (χ3n) is 4.09. The van der Waals surface area contributed by atoms with Gasteiger partial charge in [-0.1, -0.05) is 72.8 Å². The monoisotopic (exact) mass is 332 g/mol. The number of allylic oxidation sites excluding steroid dienone is 2. The Kier molecular flexibility index (Phi) is 5.41. The first-order chi connectivity index (χ1) is 12.8. The van der Waals surface area contributed by atoms with Gasteiger partial charge in [-0.2, -0.15) is 10.5 Å². The van der Waals surface area contributed by atoms with Gasteiger partial charge < -0.3 is 0 Å². The Labute approximate surface area is 153 Å². The molecule has 0 aliphatic carbocycles. The minimum Gasteiger partial charge on any atom is -0.193 e. The van der Waals surface area contributed by atoms with E-state index in [1.54, 1.807) is 6.08 Å². The van der Waals surface area contributed by atoms with E-state index in [0.29, 0.717) is 0 Å². The van der Waals surface area contributed by atoms with Crippen LogP contribution in [0, 0.1) is 22.7 Å². The summed E-state index contributed by atoms with van der Waals surface area (Å²) >= 11 is 0. The van der Waals surface area contributed by atoms with E-state index in [1.165, 1.54) is 12.2 Å². The maximum Gasteiger partial charge on any atom is 0.0912 e. The molecule has 26 heavy (non-hydrogen) atoms. The maximum atomic E-state index is 8.76. The van der Waals surface area contributed by atoms with E-state index >= 15 is 0 Å². The molecule has 0 radical (unpaired) electrons. The first-order valence-corrected chi connectivity index (χ1v) is 8.24. The highest BCUT2D eigenvalue weighted by molar-refractivity contribution is 5.77. The third kappa shape index (κ3) is 3.96. The number of nitriles is 2. The molecule has 0 aliphatic heterocycles. The quantitative estimate of drug-likeness (QED) is 0.542. The van der Waals surface area contributed by atoms with Gasteiger partial charge in [0, 0.05) is 12.2 Å². The van der Waals surface area contributed by atoms with Gasteiger partial charge in [0.25, 0.3) is 0 Å². The van der Waals surface area contributed by atoms with Gasteiger partial charge in [-0.25, -0.2) is 0 Å². The predicted molar refractivity (Wildman–Crippen MR) is 107 cm³/mol. The molecule has 0 spiro atoms. The summed E-state index contributed by atoms with van der Waals surface area (Å²) in [4.78, 5) is 0. The highest BCUT2D eigenvalue weighted by Gasteiger charge is 2.03. The molecule has 0 N–H and O–H groups in total. The Morgan fingerprint density at radius 2 is 1.12 bits per heavy atom. The lowest BCUT2D eigenvalue weighted by atomic mass is 9.96. The van der Waals surface area contributed by atoms with Gasteiger partial charge in [-0.05, 0) is 45.5 Å². The third-order valence-corrected chi connectivity index (χ3v) is 4.09. The van der Waals surface area contributed by atoms with Crippen LogP contribution in [-0.2, 0) is 0 Å². The fourth-order valence-electron chi connectivity index (χ4n) is 2.79. The van der Waals surface area contributed by atoms with E-state index in [2.05, 4.69) is 42.5 Å². The molecule has 122 valence electrons. The van der Waals surface area contributed by atoms with Crippen molar-refractivity contribution in [2.45, 2.75) is 0 Å². The maximum absolute atomic E-state index is 8.76. The van der Waals surface area contributed by atoms with Crippen molar-refractivity contribution in [3.63, 3.8) is 0 Å². The molecule has 3 aromatic rings. The Bertz CT molecular complexity index is 1030. The normalized spacial score (nSPS) is 10.7. The second-order valence-electron chi connectivity index (χ2n) is 5.71. The van der Waals surface area contributed by atoms with E-state index in [9.17, 15) is 0 Å². The molecule has 3 aromatic carbocycles. The van der Waals surface area contributed by atoms with Crippen molar-refractivity contribution < 1.29 is 0 Å². The Balaban J connectivity index is 1.88. The molecule has 2 heteroatoms. The average molecular weight is 332 g/mol. The standard InChI is InChI=1S/C24H16N2/c25-17-3-5-19-9-11-20(12-10-19)21-13-15-23(16-14-21)24-8-2-1-6-22(24)7-4-18-26/h1-16H. The van der Waals surface area contributed by atoms with E-state index in [1.807, 2.05) is 48.5 Å². The highest BCUT2D eigenvalue weighted by Crippen LogP contribution is 2.28. The van der Waals surface area contributed by atoms with E-state index in [4.69, 9.17) is 10.5 Å². The first-order valence-electron chi connectivity index (χ1n) is 8.24. The summed E-state index contributed by atoms with van der Waals surface area (Å²) in [6.45, 7) is 0. The molecule has 0 aliphatic rings. The van der Waals surface area contributed by atoms with Crippen LogP contribution in [0.4, 0.5) is 0 Å². The number of hydrogen-bond donors (Lipinski definition) is 0. The lowest BCUT2D eigenvalue weighted by molar-refractivity contribution is 1.53. The minimum absolute atomic E-state index is 1.00. The summed E-state index contributed by atoms with van der Waals surface area (Å²) in [5.74, 6) is 0. The summed E-state index contributed by atoms with van der Waals surface area (Å²) in [5.41, 5.74) is 6.50. The van der Waals surface area contributed by atoms with Gasteiger partial charge in [0.05, 0.1) is 12.1 Å². The van der Waals surface area contributed by atoms with Gasteiger partial charge in [0.2, 0.25) is 0 Å². The first kappa shape index (κ1) is 17.0. The molecule has 0 unspecified atom stereocenters. The van der Waals surface area contributed by atoms with E-state index < -0.39 is 0 Å². The fraction of sp³-hybridized carbons (Fsp3) is 0. The molecule has 0 bridgehead atoms. The zero-order valence-corrected chi connectivity index (χ0v) is 14.1. The topological polar surface area (TPSA) is 47.6 Å². The van der Waals surface area contributed by atoms with Crippen molar-refractivity contribution in [2.75, 3.05) is 0 Å². The number of benzene rings is 3. The molecule has 0 aromatic heterocycles. The van der Waals surface area contributed by atoms with Gasteiger partial charge in [-0.15, -0.1) is 0 Å². The van der Waals surface area contributed by atoms with Gasteiger partial charge in [-0.3, -0.25) is 0 Å². The highest BCUT2D eigenvalue weighted by atomic mass is 14.2. The average Bonchev–Trinajstić information content (AvgIpc) is 2.71. The molecule has 0 fully saturated rings. The minimum atomic E-state index is 1.00. The zero-order valence-electron chi connectivity index (χ0n) is 14.1. The summed E-state index contributed by atoms with van der Waals surface area (Å²) in [6, 6.07) is 28.6. The molecule has 0 heterocycles. The lowest BCUT2D eigenvalue weighted by Gasteiger charge is -2.08. The number of hydrogen-bond acceptors (Lipinski definition) is 2. The SMILES string of the molecule is N#CC=Cc1ccc(-c2ccc(-c3ccccc3C=CC#N)cc2)cc1. The zero-order chi connectivity index (χ0) is 18.2. The number of rotatable bonds is 4. The molecule has 0 atom stereocenters. The molecular weight excluding hydrogens is 316 g/mol. The number of nitrogens with zero attached hydrogens (tertiary/aromatic N) is 2. The van der Waals surface area contributed by atoms with Crippen molar-refractivity contribution in [3.05, 3.63) is 96.1 Å². The van der Waals surface area contributed by atoms with Gasteiger partial charge >= 0.3 is 0 Å². The Morgan fingerprint density at radius 1 is 0.577 bits per heavy atom. The molecule has 3 rings (SSSR count). The van der Waals surface area contributed by atoms with Crippen molar-refractivity contribution in [1.82, 2.24) is 0 Å². The lowest BCUT2D eigenvalue weighted by Crippen LogP contribution is -1.84. The molecular formula is C24H16N2. The Hall–Kier alpha value is -3.88.